The van der Waals surface area contributed by atoms with Gasteiger partial charge in [-0.05, 0) is 55.0 Å². The van der Waals surface area contributed by atoms with Crippen LogP contribution in [0.3, 0.4) is 0 Å². The van der Waals surface area contributed by atoms with E-state index in [-0.39, 0.29) is 0 Å². The third-order valence-corrected chi connectivity index (χ3v) is 4.32. The Labute approximate surface area is 127 Å². The zero-order valence-corrected chi connectivity index (χ0v) is 12.9. The number of hydrogen-bond acceptors (Lipinski definition) is 2. The second-order valence-corrected chi connectivity index (χ2v) is 5.94. The Morgan fingerprint density at radius 2 is 2.05 bits per heavy atom. The number of rotatable bonds is 4. The Kier molecular flexibility index (Phi) is 4.26. The fraction of sp³-hybridized carbons (Fsp3) is 0.368. The van der Waals surface area contributed by atoms with E-state index >= 15 is 0 Å². The number of benzene rings is 2. The predicted octanol–water partition coefficient (Wildman–Crippen LogP) is 3.65. The summed E-state index contributed by atoms with van der Waals surface area (Å²) in [5.74, 6) is 0.966. The van der Waals surface area contributed by atoms with Gasteiger partial charge in [-0.3, -0.25) is 0 Å². The predicted molar refractivity (Wildman–Crippen MR) is 86.8 cm³/mol. The molecule has 1 N–H and O–H groups in total. The molecule has 2 aromatic rings. The van der Waals surface area contributed by atoms with Crippen LogP contribution in [0.5, 0.6) is 5.75 Å². The molecule has 0 aromatic heterocycles. The van der Waals surface area contributed by atoms with Crippen molar-refractivity contribution in [2.45, 2.75) is 38.8 Å². The topological polar surface area (TPSA) is 21.3 Å². The molecule has 110 valence electrons. The third-order valence-electron chi connectivity index (χ3n) is 4.32. The van der Waals surface area contributed by atoms with Gasteiger partial charge in [0.1, 0.15) is 5.75 Å². The van der Waals surface area contributed by atoms with Gasteiger partial charge < -0.3 is 10.1 Å². The fourth-order valence-corrected chi connectivity index (χ4v) is 3.12. The van der Waals surface area contributed by atoms with Crippen LogP contribution < -0.4 is 10.1 Å². The molecule has 21 heavy (non-hydrogen) atoms. The van der Waals surface area contributed by atoms with E-state index in [1.54, 1.807) is 7.11 Å². The summed E-state index contributed by atoms with van der Waals surface area (Å²) < 4.78 is 5.34. The Hall–Kier alpha value is -1.80. The van der Waals surface area contributed by atoms with Crippen molar-refractivity contribution in [3.05, 3.63) is 64.7 Å². The Morgan fingerprint density at radius 3 is 2.86 bits per heavy atom. The van der Waals surface area contributed by atoms with Crippen molar-refractivity contribution in [2.24, 2.45) is 0 Å². The summed E-state index contributed by atoms with van der Waals surface area (Å²) in [6.07, 6.45) is 3.47. The van der Waals surface area contributed by atoms with Gasteiger partial charge in [-0.25, -0.2) is 0 Å². The molecule has 0 fully saturated rings. The number of aryl methyl sites for hydroxylation is 2. The van der Waals surface area contributed by atoms with Gasteiger partial charge in [0.2, 0.25) is 0 Å². The van der Waals surface area contributed by atoms with E-state index in [0.29, 0.717) is 6.04 Å². The lowest BCUT2D eigenvalue weighted by atomic mass is 9.88. The first-order valence-corrected chi connectivity index (χ1v) is 7.69. The summed E-state index contributed by atoms with van der Waals surface area (Å²) >= 11 is 0. The molecule has 1 atom stereocenters. The van der Waals surface area contributed by atoms with Crippen LogP contribution in [0.4, 0.5) is 0 Å². The van der Waals surface area contributed by atoms with Crippen LogP contribution in [-0.2, 0) is 19.4 Å². The first kappa shape index (κ1) is 14.2. The van der Waals surface area contributed by atoms with Gasteiger partial charge in [0.25, 0.3) is 0 Å². The summed E-state index contributed by atoms with van der Waals surface area (Å²) in [6.45, 7) is 3.10. The minimum Gasteiger partial charge on any atom is -0.497 e. The third kappa shape index (κ3) is 3.45. The van der Waals surface area contributed by atoms with E-state index in [1.807, 2.05) is 0 Å². The zero-order chi connectivity index (χ0) is 14.7. The smallest absolute Gasteiger partial charge is 0.119 e. The first-order chi connectivity index (χ1) is 10.2. The van der Waals surface area contributed by atoms with Crippen LogP contribution in [0.1, 0.15) is 28.7 Å². The molecule has 0 amide bonds. The Morgan fingerprint density at radius 1 is 1.14 bits per heavy atom. The van der Waals surface area contributed by atoms with Crippen LogP contribution in [0.25, 0.3) is 0 Å². The van der Waals surface area contributed by atoms with Gasteiger partial charge in [-0.1, -0.05) is 35.9 Å². The van der Waals surface area contributed by atoms with Crippen molar-refractivity contribution in [1.29, 1.82) is 0 Å². The van der Waals surface area contributed by atoms with E-state index in [9.17, 15) is 0 Å². The van der Waals surface area contributed by atoms with Gasteiger partial charge in [0.05, 0.1) is 7.11 Å². The Balaban J connectivity index is 1.63. The SMILES string of the molecule is COc1ccc2c(c1)CC(NCc1cccc(C)c1)CC2. The molecule has 0 saturated heterocycles. The van der Waals surface area contributed by atoms with Crippen molar-refractivity contribution in [3.8, 4) is 5.75 Å². The highest BCUT2D eigenvalue weighted by Crippen LogP contribution is 2.25. The standard InChI is InChI=1S/C19H23NO/c1-14-4-3-5-15(10-14)13-20-18-8-6-16-7-9-19(21-2)12-17(16)11-18/h3-5,7,9-10,12,18,20H,6,8,11,13H2,1-2H3. The molecule has 0 aliphatic heterocycles. The summed E-state index contributed by atoms with van der Waals surface area (Å²) in [4.78, 5) is 0. The summed E-state index contributed by atoms with van der Waals surface area (Å²) in [5, 5.41) is 3.70. The lowest BCUT2D eigenvalue weighted by Gasteiger charge is -2.26. The maximum absolute atomic E-state index is 5.34. The lowest BCUT2D eigenvalue weighted by molar-refractivity contribution is 0.411. The van der Waals surface area contributed by atoms with E-state index in [4.69, 9.17) is 4.74 Å². The summed E-state index contributed by atoms with van der Waals surface area (Å²) in [7, 11) is 1.73. The molecule has 2 heteroatoms. The summed E-state index contributed by atoms with van der Waals surface area (Å²) in [6, 6.07) is 15.8. The highest BCUT2D eigenvalue weighted by Gasteiger charge is 2.18. The molecule has 0 bridgehead atoms. The lowest BCUT2D eigenvalue weighted by Crippen LogP contribution is -2.34. The highest BCUT2D eigenvalue weighted by atomic mass is 16.5. The van der Waals surface area contributed by atoms with E-state index in [0.717, 1.165) is 25.1 Å². The van der Waals surface area contributed by atoms with Crippen LogP contribution in [0, 0.1) is 6.92 Å². The molecule has 1 unspecified atom stereocenters. The maximum atomic E-state index is 5.34. The van der Waals surface area contributed by atoms with Crippen molar-refractivity contribution in [3.63, 3.8) is 0 Å². The van der Waals surface area contributed by atoms with Crippen LogP contribution >= 0.6 is 0 Å². The van der Waals surface area contributed by atoms with E-state index in [2.05, 4.69) is 54.7 Å². The molecular formula is C19H23NO. The molecule has 3 rings (SSSR count). The normalized spacial score (nSPS) is 17.3. The highest BCUT2D eigenvalue weighted by molar-refractivity contribution is 5.38. The quantitative estimate of drug-likeness (QED) is 0.923. The number of hydrogen-bond donors (Lipinski definition) is 1. The second-order valence-electron chi connectivity index (χ2n) is 5.94. The molecule has 0 radical (unpaired) electrons. The first-order valence-electron chi connectivity index (χ1n) is 7.69. The zero-order valence-electron chi connectivity index (χ0n) is 12.9. The molecule has 2 nitrogen and oxygen atoms in total. The molecule has 0 heterocycles. The fourth-order valence-electron chi connectivity index (χ4n) is 3.12. The minimum atomic E-state index is 0.560. The molecule has 2 aromatic carbocycles. The number of ether oxygens (including phenoxy) is 1. The maximum Gasteiger partial charge on any atom is 0.119 e. The minimum absolute atomic E-state index is 0.560. The van der Waals surface area contributed by atoms with Crippen LogP contribution in [-0.4, -0.2) is 13.2 Å². The average molecular weight is 281 g/mol. The van der Waals surface area contributed by atoms with Crippen molar-refractivity contribution >= 4 is 0 Å². The van der Waals surface area contributed by atoms with Gasteiger partial charge in [-0.15, -0.1) is 0 Å². The molecular weight excluding hydrogens is 258 g/mol. The number of methoxy groups -OCH3 is 1. The average Bonchev–Trinajstić information content (AvgIpc) is 2.52. The van der Waals surface area contributed by atoms with Gasteiger partial charge in [0.15, 0.2) is 0 Å². The summed E-state index contributed by atoms with van der Waals surface area (Å²) in [5.41, 5.74) is 5.60. The van der Waals surface area contributed by atoms with Gasteiger partial charge in [0, 0.05) is 12.6 Å². The van der Waals surface area contributed by atoms with Gasteiger partial charge >= 0.3 is 0 Å². The second kappa shape index (κ2) is 6.31. The number of fused-ring (bicyclic) bond motifs is 1. The van der Waals surface area contributed by atoms with Crippen molar-refractivity contribution < 1.29 is 4.74 Å². The van der Waals surface area contributed by atoms with E-state index < -0.39 is 0 Å². The van der Waals surface area contributed by atoms with Crippen molar-refractivity contribution in [2.75, 3.05) is 7.11 Å². The van der Waals surface area contributed by atoms with Gasteiger partial charge in [-0.2, -0.15) is 0 Å². The molecule has 0 spiro atoms. The largest absolute Gasteiger partial charge is 0.497 e. The van der Waals surface area contributed by atoms with Crippen LogP contribution in [0.15, 0.2) is 42.5 Å². The molecule has 1 aliphatic carbocycles. The monoisotopic (exact) mass is 281 g/mol. The number of nitrogens with one attached hydrogen (secondary N) is 1. The van der Waals surface area contributed by atoms with Crippen LogP contribution in [0.2, 0.25) is 0 Å². The van der Waals surface area contributed by atoms with E-state index in [1.165, 1.54) is 28.7 Å². The van der Waals surface area contributed by atoms with Crippen molar-refractivity contribution in [1.82, 2.24) is 5.32 Å². The molecule has 1 aliphatic rings. The Bertz CT molecular complexity index is 621. The molecule has 0 saturated carbocycles.